The SMILES string of the molecule is CCC(C)n1c(C)ccc(C(=N)N)c1=O. The molecule has 1 aromatic rings. The van der Waals surface area contributed by atoms with Gasteiger partial charge < -0.3 is 10.3 Å². The van der Waals surface area contributed by atoms with E-state index < -0.39 is 0 Å². The van der Waals surface area contributed by atoms with Crippen molar-refractivity contribution in [2.45, 2.75) is 33.2 Å². The summed E-state index contributed by atoms with van der Waals surface area (Å²) in [6.07, 6.45) is 0.877. The number of hydrogen-bond acceptors (Lipinski definition) is 2. The van der Waals surface area contributed by atoms with E-state index in [0.717, 1.165) is 12.1 Å². The summed E-state index contributed by atoms with van der Waals surface area (Å²) >= 11 is 0. The molecule has 1 aromatic heterocycles. The molecule has 0 aliphatic carbocycles. The molecule has 4 heteroatoms. The molecule has 15 heavy (non-hydrogen) atoms. The van der Waals surface area contributed by atoms with Gasteiger partial charge in [0.15, 0.2) is 0 Å². The third-order valence-corrected chi connectivity index (χ3v) is 2.64. The van der Waals surface area contributed by atoms with Crippen LogP contribution in [-0.2, 0) is 0 Å². The molecule has 1 heterocycles. The molecule has 0 radical (unpaired) electrons. The Labute approximate surface area is 89.2 Å². The quantitative estimate of drug-likeness (QED) is 0.581. The summed E-state index contributed by atoms with van der Waals surface area (Å²) < 4.78 is 1.69. The molecule has 1 rings (SSSR count). The van der Waals surface area contributed by atoms with Crippen LogP contribution in [0.3, 0.4) is 0 Å². The summed E-state index contributed by atoms with van der Waals surface area (Å²) in [6.45, 7) is 5.90. The predicted molar refractivity (Wildman–Crippen MR) is 61.5 cm³/mol. The minimum atomic E-state index is -0.170. The molecule has 0 saturated heterocycles. The molecule has 0 saturated carbocycles. The van der Waals surface area contributed by atoms with Crippen LogP contribution in [0.1, 0.15) is 37.6 Å². The third kappa shape index (κ3) is 2.09. The predicted octanol–water partition coefficient (Wildman–Crippen LogP) is 1.41. The highest BCUT2D eigenvalue weighted by atomic mass is 16.1. The topological polar surface area (TPSA) is 71.9 Å². The Balaban J connectivity index is 3.44. The Morgan fingerprint density at radius 3 is 2.67 bits per heavy atom. The maximum absolute atomic E-state index is 12.0. The van der Waals surface area contributed by atoms with Gasteiger partial charge in [0.1, 0.15) is 5.84 Å². The Morgan fingerprint density at radius 1 is 1.60 bits per heavy atom. The van der Waals surface area contributed by atoms with E-state index in [-0.39, 0.29) is 23.0 Å². The maximum atomic E-state index is 12.0. The number of aryl methyl sites for hydroxylation is 1. The largest absolute Gasteiger partial charge is 0.384 e. The van der Waals surface area contributed by atoms with Crippen molar-refractivity contribution in [3.05, 3.63) is 33.7 Å². The smallest absolute Gasteiger partial charge is 0.261 e. The summed E-state index contributed by atoms with van der Waals surface area (Å²) in [4.78, 5) is 12.0. The van der Waals surface area contributed by atoms with Crippen molar-refractivity contribution < 1.29 is 0 Å². The van der Waals surface area contributed by atoms with Gasteiger partial charge in [-0.05, 0) is 32.4 Å². The third-order valence-electron chi connectivity index (χ3n) is 2.64. The number of aromatic nitrogens is 1. The summed E-state index contributed by atoms with van der Waals surface area (Å²) in [6, 6.07) is 3.57. The molecule has 0 fully saturated rings. The first kappa shape index (κ1) is 11.5. The van der Waals surface area contributed by atoms with E-state index in [9.17, 15) is 4.79 Å². The Morgan fingerprint density at radius 2 is 2.20 bits per heavy atom. The lowest BCUT2D eigenvalue weighted by atomic mass is 10.2. The Hall–Kier alpha value is -1.58. The van der Waals surface area contributed by atoms with E-state index in [1.54, 1.807) is 10.6 Å². The van der Waals surface area contributed by atoms with Gasteiger partial charge >= 0.3 is 0 Å². The summed E-state index contributed by atoms with van der Waals surface area (Å²) in [5, 5.41) is 7.31. The van der Waals surface area contributed by atoms with Gasteiger partial charge in [0.05, 0.1) is 5.56 Å². The first-order valence-corrected chi connectivity index (χ1v) is 5.05. The van der Waals surface area contributed by atoms with Gasteiger partial charge in [-0.15, -0.1) is 0 Å². The zero-order valence-electron chi connectivity index (χ0n) is 9.37. The lowest BCUT2D eigenvalue weighted by Crippen LogP contribution is -2.32. The van der Waals surface area contributed by atoms with Gasteiger partial charge in [-0.1, -0.05) is 6.92 Å². The highest BCUT2D eigenvalue weighted by Crippen LogP contribution is 2.10. The fourth-order valence-electron chi connectivity index (χ4n) is 1.58. The Kier molecular flexibility index (Phi) is 3.29. The zero-order valence-corrected chi connectivity index (χ0v) is 9.37. The van der Waals surface area contributed by atoms with Crippen molar-refractivity contribution >= 4 is 5.84 Å². The molecule has 0 aromatic carbocycles. The molecule has 0 bridgehead atoms. The van der Waals surface area contributed by atoms with Crippen molar-refractivity contribution in [3.8, 4) is 0 Å². The summed E-state index contributed by atoms with van der Waals surface area (Å²) in [5.41, 5.74) is 6.36. The average Bonchev–Trinajstić information content (AvgIpc) is 2.16. The van der Waals surface area contributed by atoms with Gasteiger partial charge in [0.2, 0.25) is 0 Å². The standard InChI is InChI=1S/C11H17N3O/c1-4-7(2)14-8(3)5-6-9(10(12)13)11(14)15/h5-7H,4H2,1-3H3,(H3,12,13). The number of nitrogen functional groups attached to an aromatic ring is 1. The van der Waals surface area contributed by atoms with Crippen LogP contribution in [-0.4, -0.2) is 10.4 Å². The van der Waals surface area contributed by atoms with Gasteiger partial charge in [-0.25, -0.2) is 0 Å². The van der Waals surface area contributed by atoms with Crippen molar-refractivity contribution in [2.24, 2.45) is 5.73 Å². The second kappa shape index (κ2) is 4.29. The lowest BCUT2D eigenvalue weighted by molar-refractivity contribution is 0.502. The van der Waals surface area contributed by atoms with Crippen molar-refractivity contribution in [2.75, 3.05) is 0 Å². The molecule has 0 aliphatic heterocycles. The number of amidine groups is 1. The normalized spacial score (nSPS) is 12.5. The molecule has 0 aliphatic rings. The minimum absolute atomic E-state index is 0.136. The van der Waals surface area contributed by atoms with E-state index in [4.69, 9.17) is 11.1 Å². The van der Waals surface area contributed by atoms with Gasteiger partial charge in [-0.3, -0.25) is 10.2 Å². The van der Waals surface area contributed by atoms with Crippen LogP contribution >= 0.6 is 0 Å². The van der Waals surface area contributed by atoms with Crippen LogP contribution in [0.5, 0.6) is 0 Å². The average molecular weight is 207 g/mol. The first-order chi connectivity index (χ1) is 6.99. The number of nitrogens with two attached hydrogens (primary N) is 1. The Bertz CT molecular complexity index is 434. The fourth-order valence-corrected chi connectivity index (χ4v) is 1.58. The highest BCUT2D eigenvalue weighted by molar-refractivity contribution is 5.94. The molecule has 4 nitrogen and oxygen atoms in total. The molecule has 1 atom stereocenters. The molecule has 82 valence electrons. The van der Waals surface area contributed by atoms with Gasteiger partial charge in [0, 0.05) is 11.7 Å². The summed E-state index contributed by atoms with van der Waals surface area (Å²) in [7, 11) is 0. The van der Waals surface area contributed by atoms with Crippen LogP contribution in [0.4, 0.5) is 0 Å². The first-order valence-electron chi connectivity index (χ1n) is 5.05. The van der Waals surface area contributed by atoms with Crippen molar-refractivity contribution in [1.82, 2.24) is 4.57 Å². The molecule has 1 unspecified atom stereocenters. The van der Waals surface area contributed by atoms with E-state index in [2.05, 4.69) is 0 Å². The van der Waals surface area contributed by atoms with E-state index in [1.807, 2.05) is 26.8 Å². The second-order valence-corrected chi connectivity index (χ2v) is 3.73. The highest BCUT2D eigenvalue weighted by Gasteiger charge is 2.11. The molecular formula is C11H17N3O. The minimum Gasteiger partial charge on any atom is -0.384 e. The van der Waals surface area contributed by atoms with Gasteiger partial charge in [0.25, 0.3) is 5.56 Å². The number of nitrogens with zero attached hydrogens (tertiary/aromatic N) is 1. The van der Waals surface area contributed by atoms with E-state index in [0.29, 0.717) is 0 Å². The van der Waals surface area contributed by atoms with Crippen LogP contribution in [0.2, 0.25) is 0 Å². The van der Waals surface area contributed by atoms with E-state index >= 15 is 0 Å². The van der Waals surface area contributed by atoms with Crippen LogP contribution in [0.15, 0.2) is 16.9 Å². The van der Waals surface area contributed by atoms with E-state index in [1.165, 1.54) is 0 Å². The maximum Gasteiger partial charge on any atom is 0.261 e. The van der Waals surface area contributed by atoms with Crippen molar-refractivity contribution in [3.63, 3.8) is 0 Å². The molecule has 0 amide bonds. The molecule has 3 N–H and O–H groups in total. The monoisotopic (exact) mass is 207 g/mol. The van der Waals surface area contributed by atoms with Crippen molar-refractivity contribution in [1.29, 1.82) is 5.41 Å². The summed E-state index contributed by atoms with van der Waals surface area (Å²) in [5.74, 6) is -0.169. The molecular weight excluding hydrogens is 190 g/mol. The number of nitrogens with one attached hydrogen (secondary N) is 1. The van der Waals surface area contributed by atoms with Crippen LogP contribution in [0.25, 0.3) is 0 Å². The number of pyridine rings is 1. The fraction of sp³-hybridized carbons (Fsp3) is 0.455. The number of hydrogen-bond donors (Lipinski definition) is 2. The van der Waals surface area contributed by atoms with Gasteiger partial charge in [-0.2, -0.15) is 0 Å². The van der Waals surface area contributed by atoms with Crippen LogP contribution < -0.4 is 11.3 Å². The number of rotatable bonds is 3. The zero-order chi connectivity index (χ0) is 11.6. The molecule has 0 spiro atoms. The van der Waals surface area contributed by atoms with Crippen LogP contribution in [0, 0.1) is 12.3 Å². The second-order valence-electron chi connectivity index (χ2n) is 3.73. The lowest BCUT2D eigenvalue weighted by Gasteiger charge is -2.17.